The number of hydrogen-bond acceptors (Lipinski definition) is 5. The van der Waals surface area contributed by atoms with Crippen LogP contribution in [0.2, 0.25) is 0 Å². The van der Waals surface area contributed by atoms with E-state index in [1.807, 2.05) is 4.90 Å². The summed E-state index contributed by atoms with van der Waals surface area (Å²) in [6, 6.07) is 0. The highest BCUT2D eigenvalue weighted by Gasteiger charge is 2.50. The third-order valence-electron chi connectivity index (χ3n) is 6.51. The highest BCUT2D eigenvalue weighted by atomic mass is 16.2. The Morgan fingerprint density at radius 2 is 2.00 bits per heavy atom. The molecule has 8 nitrogen and oxygen atoms in total. The lowest BCUT2D eigenvalue weighted by molar-refractivity contribution is -0.132. The molecule has 2 amide bonds. The number of likely N-dealkylation sites (tertiary alicyclic amines) is 1. The van der Waals surface area contributed by atoms with Crippen LogP contribution in [-0.4, -0.2) is 57.7 Å². The van der Waals surface area contributed by atoms with Crippen molar-refractivity contribution in [2.45, 2.75) is 57.9 Å². The molecule has 3 heterocycles. The van der Waals surface area contributed by atoms with Crippen molar-refractivity contribution in [3.05, 3.63) is 6.33 Å². The highest BCUT2D eigenvalue weighted by molar-refractivity contribution is 5.94. The van der Waals surface area contributed by atoms with Gasteiger partial charge >= 0.3 is 0 Å². The zero-order chi connectivity index (χ0) is 18.7. The first kappa shape index (κ1) is 18.4. The van der Waals surface area contributed by atoms with Crippen molar-refractivity contribution in [1.29, 1.82) is 0 Å². The number of fused-ring (bicyclic) bond motifs is 1. The van der Waals surface area contributed by atoms with Crippen LogP contribution in [0.1, 0.15) is 51.4 Å². The van der Waals surface area contributed by atoms with Crippen molar-refractivity contribution in [3.8, 4) is 0 Å². The van der Waals surface area contributed by atoms with Crippen LogP contribution >= 0.6 is 0 Å². The molecule has 1 aliphatic carbocycles. The topological polar surface area (TPSA) is 92.1 Å². The molecule has 0 aromatic carbocycles. The summed E-state index contributed by atoms with van der Waals surface area (Å²) in [6.07, 6.45) is 10.4. The summed E-state index contributed by atoms with van der Waals surface area (Å²) >= 11 is 0. The average molecular weight is 374 g/mol. The summed E-state index contributed by atoms with van der Waals surface area (Å²) in [5, 5.41) is 10.6. The van der Waals surface area contributed by atoms with E-state index in [4.69, 9.17) is 0 Å². The summed E-state index contributed by atoms with van der Waals surface area (Å²) in [4.78, 5) is 31.6. The van der Waals surface area contributed by atoms with Gasteiger partial charge in [0.2, 0.25) is 17.8 Å². The SMILES string of the molecule is O=C(Cn1cnc(NC(=O)[C@@]23CCCC[C@H]2CNC3)n1)N1CCCCCC1. The number of carbonyl (C=O) groups excluding carboxylic acids is 2. The Hall–Kier alpha value is -1.96. The van der Waals surface area contributed by atoms with E-state index in [1.165, 1.54) is 30.3 Å². The molecule has 2 aliphatic heterocycles. The quantitative estimate of drug-likeness (QED) is 0.831. The molecule has 0 radical (unpaired) electrons. The van der Waals surface area contributed by atoms with Gasteiger partial charge in [-0.1, -0.05) is 25.7 Å². The number of rotatable bonds is 4. The highest BCUT2D eigenvalue weighted by Crippen LogP contribution is 2.44. The Morgan fingerprint density at radius 3 is 2.81 bits per heavy atom. The summed E-state index contributed by atoms with van der Waals surface area (Å²) < 4.78 is 1.53. The zero-order valence-electron chi connectivity index (χ0n) is 16.0. The van der Waals surface area contributed by atoms with Gasteiger partial charge in [0, 0.05) is 19.6 Å². The van der Waals surface area contributed by atoms with Gasteiger partial charge in [0.05, 0.1) is 5.41 Å². The minimum atomic E-state index is -0.328. The second-order valence-corrected chi connectivity index (χ2v) is 8.24. The third-order valence-corrected chi connectivity index (χ3v) is 6.51. The van der Waals surface area contributed by atoms with Crippen molar-refractivity contribution < 1.29 is 9.59 Å². The normalized spacial score (nSPS) is 28.4. The summed E-state index contributed by atoms with van der Waals surface area (Å²) in [5.74, 6) is 0.798. The Balaban J connectivity index is 1.36. The van der Waals surface area contributed by atoms with E-state index in [0.717, 1.165) is 58.3 Å². The molecule has 2 atom stereocenters. The Kier molecular flexibility index (Phi) is 5.43. The van der Waals surface area contributed by atoms with Gasteiger partial charge in [-0.2, -0.15) is 0 Å². The maximum atomic E-state index is 13.0. The van der Waals surface area contributed by atoms with Gasteiger partial charge in [0.1, 0.15) is 12.9 Å². The molecule has 148 valence electrons. The fourth-order valence-corrected chi connectivity index (χ4v) is 4.90. The minimum absolute atomic E-state index is 0.0220. The van der Waals surface area contributed by atoms with Gasteiger partial charge in [-0.25, -0.2) is 9.67 Å². The molecular formula is C19H30N6O2. The first-order valence-corrected chi connectivity index (χ1v) is 10.4. The van der Waals surface area contributed by atoms with E-state index in [0.29, 0.717) is 11.9 Å². The van der Waals surface area contributed by atoms with Gasteiger partial charge < -0.3 is 10.2 Å². The number of hydrogen-bond donors (Lipinski definition) is 2. The molecule has 1 aromatic rings. The third kappa shape index (κ3) is 3.85. The van der Waals surface area contributed by atoms with Gasteiger partial charge in [0.15, 0.2) is 0 Å². The maximum Gasteiger partial charge on any atom is 0.248 e. The van der Waals surface area contributed by atoms with Crippen LogP contribution in [0.15, 0.2) is 6.33 Å². The molecule has 1 aromatic heterocycles. The molecular weight excluding hydrogens is 344 g/mol. The summed E-state index contributed by atoms with van der Waals surface area (Å²) in [6.45, 7) is 3.48. The molecule has 2 saturated heterocycles. The predicted molar refractivity (Wildman–Crippen MR) is 101 cm³/mol. The molecule has 8 heteroatoms. The van der Waals surface area contributed by atoms with E-state index in [2.05, 4.69) is 20.7 Å². The van der Waals surface area contributed by atoms with Crippen LogP contribution in [0, 0.1) is 11.3 Å². The van der Waals surface area contributed by atoms with Crippen molar-refractivity contribution in [2.24, 2.45) is 11.3 Å². The molecule has 3 aliphatic rings. The van der Waals surface area contributed by atoms with Gasteiger partial charge in [-0.05, 0) is 38.1 Å². The minimum Gasteiger partial charge on any atom is -0.341 e. The summed E-state index contributed by atoms with van der Waals surface area (Å²) in [5.41, 5.74) is -0.328. The standard InChI is InChI=1S/C19H30N6O2/c26-16(24-9-5-1-2-6-10-24)12-25-14-21-18(23-25)22-17(27)19-8-4-3-7-15(19)11-20-13-19/h14-15,20H,1-13H2,(H,22,23,27)/t15-,19+/m0/s1. The lowest BCUT2D eigenvalue weighted by atomic mass is 9.67. The van der Waals surface area contributed by atoms with Crippen LogP contribution in [0.4, 0.5) is 5.95 Å². The molecule has 1 saturated carbocycles. The van der Waals surface area contributed by atoms with Gasteiger partial charge in [-0.3, -0.25) is 14.9 Å². The van der Waals surface area contributed by atoms with Crippen molar-refractivity contribution in [3.63, 3.8) is 0 Å². The van der Waals surface area contributed by atoms with Crippen molar-refractivity contribution in [1.82, 2.24) is 25.0 Å². The molecule has 2 N–H and O–H groups in total. The van der Waals surface area contributed by atoms with Crippen LogP contribution < -0.4 is 10.6 Å². The van der Waals surface area contributed by atoms with E-state index in [9.17, 15) is 9.59 Å². The average Bonchev–Trinajstić information content (AvgIpc) is 3.20. The first-order valence-electron chi connectivity index (χ1n) is 10.4. The molecule has 3 fully saturated rings. The van der Waals surface area contributed by atoms with Crippen LogP contribution in [-0.2, 0) is 16.1 Å². The molecule has 0 unspecified atom stereocenters. The van der Waals surface area contributed by atoms with E-state index in [-0.39, 0.29) is 23.8 Å². The fraction of sp³-hybridized carbons (Fsp3) is 0.789. The molecule has 27 heavy (non-hydrogen) atoms. The Bertz CT molecular complexity index is 681. The molecule has 4 rings (SSSR count). The largest absolute Gasteiger partial charge is 0.341 e. The molecule has 0 spiro atoms. The second-order valence-electron chi connectivity index (χ2n) is 8.24. The van der Waals surface area contributed by atoms with Crippen molar-refractivity contribution >= 4 is 17.8 Å². The van der Waals surface area contributed by atoms with Crippen LogP contribution in [0.25, 0.3) is 0 Å². The number of nitrogens with one attached hydrogen (secondary N) is 2. The lowest BCUT2D eigenvalue weighted by Crippen LogP contribution is -2.44. The summed E-state index contributed by atoms with van der Waals surface area (Å²) in [7, 11) is 0. The zero-order valence-corrected chi connectivity index (χ0v) is 16.0. The van der Waals surface area contributed by atoms with Crippen LogP contribution in [0.3, 0.4) is 0 Å². The monoisotopic (exact) mass is 374 g/mol. The van der Waals surface area contributed by atoms with E-state index < -0.39 is 0 Å². The first-order chi connectivity index (χ1) is 13.2. The van der Waals surface area contributed by atoms with Crippen molar-refractivity contribution in [2.75, 3.05) is 31.5 Å². The fourth-order valence-electron chi connectivity index (χ4n) is 4.90. The number of carbonyl (C=O) groups is 2. The molecule has 0 bridgehead atoms. The van der Waals surface area contributed by atoms with Gasteiger partial charge in [-0.15, -0.1) is 5.10 Å². The number of anilines is 1. The number of aromatic nitrogens is 3. The van der Waals surface area contributed by atoms with E-state index >= 15 is 0 Å². The Morgan fingerprint density at radius 1 is 1.19 bits per heavy atom. The van der Waals surface area contributed by atoms with E-state index in [1.54, 1.807) is 0 Å². The predicted octanol–water partition coefficient (Wildman–Crippen LogP) is 1.40. The number of amides is 2. The second kappa shape index (κ2) is 7.96. The van der Waals surface area contributed by atoms with Gasteiger partial charge in [0.25, 0.3) is 0 Å². The number of nitrogens with zero attached hydrogens (tertiary/aromatic N) is 4. The Labute approximate surface area is 160 Å². The lowest BCUT2D eigenvalue weighted by Gasteiger charge is -2.36. The maximum absolute atomic E-state index is 13.0. The smallest absolute Gasteiger partial charge is 0.248 e. The van der Waals surface area contributed by atoms with Crippen LogP contribution in [0.5, 0.6) is 0 Å².